The summed E-state index contributed by atoms with van der Waals surface area (Å²) in [7, 11) is 0. The van der Waals surface area contributed by atoms with Crippen LogP contribution in [0.3, 0.4) is 0 Å². The Bertz CT molecular complexity index is 307. The molecule has 0 fully saturated rings. The number of aromatic nitrogens is 1. The van der Waals surface area contributed by atoms with Crippen LogP contribution in [0, 0.1) is 0 Å². The van der Waals surface area contributed by atoms with Gasteiger partial charge < -0.3 is 4.74 Å². The zero-order valence-corrected chi connectivity index (χ0v) is 8.21. The van der Waals surface area contributed by atoms with E-state index in [2.05, 4.69) is 24.9 Å². The van der Waals surface area contributed by atoms with Crippen molar-refractivity contribution in [2.24, 2.45) is 0 Å². The van der Waals surface area contributed by atoms with Crippen LogP contribution in [-0.2, 0) is 17.8 Å². The van der Waals surface area contributed by atoms with Gasteiger partial charge in [-0.1, -0.05) is 13.8 Å². The van der Waals surface area contributed by atoms with Crippen molar-refractivity contribution in [1.82, 2.24) is 4.98 Å². The maximum atomic E-state index is 5.45. The van der Waals surface area contributed by atoms with Crippen LogP contribution in [0.5, 0.6) is 0 Å². The fourth-order valence-corrected chi connectivity index (χ4v) is 1.82. The van der Waals surface area contributed by atoms with E-state index in [1.54, 1.807) is 0 Å². The summed E-state index contributed by atoms with van der Waals surface area (Å²) in [5.41, 5.74) is 3.95. The van der Waals surface area contributed by atoms with Crippen molar-refractivity contribution < 1.29 is 4.74 Å². The molecule has 0 unspecified atom stereocenters. The van der Waals surface area contributed by atoms with Crippen molar-refractivity contribution in [1.29, 1.82) is 0 Å². The Morgan fingerprint density at radius 2 is 2.31 bits per heavy atom. The van der Waals surface area contributed by atoms with Crippen LogP contribution < -0.4 is 0 Å². The summed E-state index contributed by atoms with van der Waals surface area (Å²) in [5, 5.41) is 0. The first-order valence-corrected chi connectivity index (χ1v) is 4.83. The number of rotatable bonds is 1. The highest BCUT2D eigenvalue weighted by Crippen LogP contribution is 2.24. The summed E-state index contributed by atoms with van der Waals surface area (Å²) >= 11 is 0. The van der Waals surface area contributed by atoms with Gasteiger partial charge in [0.15, 0.2) is 0 Å². The Labute approximate surface area is 78.9 Å². The Balaban J connectivity index is 2.46. The fourth-order valence-electron chi connectivity index (χ4n) is 1.82. The molecular weight excluding hydrogens is 162 g/mol. The van der Waals surface area contributed by atoms with Gasteiger partial charge in [-0.3, -0.25) is 4.98 Å². The molecule has 2 nitrogen and oxygen atoms in total. The highest BCUT2D eigenvalue weighted by molar-refractivity contribution is 5.32. The smallest absolute Gasteiger partial charge is 0.0737 e. The molecule has 0 amide bonds. The van der Waals surface area contributed by atoms with Crippen LogP contribution in [0.4, 0.5) is 0 Å². The molecule has 0 saturated carbocycles. The van der Waals surface area contributed by atoms with Crippen molar-refractivity contribution in [3.05, 3.63) is 29.1 Å². The molecule has 1 aliphatic heterocycles. The Kier molecular flexibility index (Phi) is 2.32. The van der Waals surface area contributed by atoms with Gasteiger partial charge in [0, 0.05) is 23.9 Å². The first-order chi connectivity index (χ1) is 6.29. The summed E-state index contributed by atoms with van der Waals surface area (Å²) in [5.74, 6) is 0.568. The average molecular weight is 177 g/mol. The van der Waals surface area contributed by atoms with Crippen LogP contribution in [0.15, 0.2) is 12.3 Å². The number of hydrogen-bond acceptors (Lipinski definition) is 2. The summed E-state index contributed by atoms with van der Waals surface area (Å²) < 4.78 is 5.45. The summed E-state index contributed by atoms with van der Waals surface area (Å²) in [6.07, 6.45) is 2.88. The van der Waals surface area contributed by atoms with E-state index in [-0.39, 0.29) is 0 Å². The lowest BCUT2D eigenvalue weighted by Crippen LogP contribution is -2.14. The molecule has 2 heterocycles. The molecule has 0 N–H and O–H groups in total. The topological polar surface area (TPSA) is 22.1 Å². The Morgan fingerprint density at radius 3 is 3.08 bits per heavy atom. The van der Waals surface area contributed by atoms with Gasteiger partial charge in [-0.25, -0.2) is 0 Å². The molecule has 0 radical (unpaired) electrons. The van der Waals surface area contributed by atoms with E-state index >= 15 is 0 Å². The van der Waals surface area contributed by atoms with E-state index < -0.39 is 0 Å². The SMILES string of the molecule is CC(C)c1ccnc2c1COCC2. The zero-order chi connectivity index (χ0) is 9.26. The molecule has 0 saturated heterocycles. The second-order valence-corrected chi connectivity index (χ2v) is 3.78. The second-order valence-electron chi connectivity index (χ2n) is 3.78. The minimum atomic E-state index is 0.568. The largest absolute Gasteiger partial charge is 0.376 e. The Hall–Kier alpha value is -0.890. The molecule has 1 aromatic rings. The van der Waals surface area contributed by atoms with Crippen molar-refractivity contribution in [3.63, 3.8) is 0 Å². The van der Waals surface area contributed by atoms with Crippen molar-refractivity contribution in [2.75, 3.05) is 6.61 Å². The van der Waals surface area contributed by atoms with Crippen LogP contribution in [0.1, 0.15) is 36.6 Å². The molecule has 0 aromatic carbocycles. The van der Waals surface area contributed by atoms with Gasteiger partial charge >= 0.3 is 0 Å². The molecule has 1 aliphatic rings. The minimum Gasteiger partial charge on any atom is -0.376 e. The van der Waals surface area contributed by atoms with E-state index in [1.807, 2.05) is 6.20 Å². The number of pyridine rings is 1. The van der Waals surface area contributed by atoms with E-state index in [4.69, 9.17) is 4.74 Å². The third kappa shape index (κ3) is 1.59. The fraction of sp³-hybridized carbons (Fsp3) is 0.545. The van der Waals surface area contributed by atoms with Crippen molar-refractivity contribution in [2.45, 2.75) is 32.8 Å². The second kappa shape index (κ2) is 3.46. The first kappa shape index (κ1) is 8.70. The Morgan fingerprint density at radius 1 is 1.46 bits per heavy atom. The number of ether oxygens (including phenoxy) is 1. The van der Waals surface area contributed by atoms with Crippen LogP contribution in [0.2, 0.25) is 0 Å². The third-order valence-corrected chi connectivity index (χ3v) is 2.53. The zero-order valence-electron chi connectivity index (χ0n) is 8.21. The lowest BCUT2D eigenvalue weighted by Gasteiger charge is -2.20. The van der Waals surface area contributed by atoms with Gasteiger partial charge in [0.1, 0.15) is 0 Å². The van der Waals surface area contributed by atoms with E-state index in [1.165, 1.54) is 16.8 Å². The van der Waals surface area contributed by atoms with Crippen LogP contribution in [0.25, 0.3) is 0 Å². The quantitative estimate of drug-likeness (QED) is 0.656. The van der Waals surface area contributed by atoms with Gasteiger partial charge in [-0.2, -0.15) is 0 Å². The van der Waals surface area contributed by atoms with Gasteiger partial charge in [0.25, 0.3) is 0 Å². The van der Waals surface area contributed by atoms with Crippen LogP contribution in [-0.4, -0.2) is 11.6 Å². The molecular formula is C11H15NO. The van der Waals surface area contributed by atoms with Gasteiger partial charge in [-0.05, 0) is 17.5 Å². The molecule has 2 heteroatoms. The van der Waals surface area contributed by atoms with E-state index in [0.717, 1.165) is 19.6 Å². The lowest BCUT2D eigenvalue weighted by atomic mass is 9.95. The van der Waals surface area contributed by atoms with E-state index in [9.17, 15) is 0 Å². The summed E-state index contributed by atoms with van der Waals surface area (Å²) in [4.78, 5) is 4.38. The molecule has 0 bridgehead atoms. The number of hydrogen-bond donors (Lipinski definition) is 0. The van der Waals surface area contributed by atoms with Crippen molar-refractivity contribution in [3.8, 4) is 0 Å². The van der Waals surface area contributed by atoms with Gasteiger partial charge in [-0.15, -0.1) is 0 Å². The minimum absolute atomic E-state index is 0.568. The highest BCUT2D eigenvalue weighted by Gasteiger charge is 2.15. The maximum Gasteiger partial charge on any atom is 0.0737 e. The van der Waals surface area contributed by atoms with Gasteiger partial charge in [0.05, 0.1) is 13.2 Å². The molecule has 70 valence electrons. The van der Waals surface area contributed by atoms with Crippen LogP contribution >= 0.6 is 0 Å². The molecule has 2 rings (SSSR count). The monoisotopic (exact) mass is 177 g/mol. The lowest BCUT2D eigenvalue weighted by molar-refractivity contribution is 0.108. The standard InChI is InChI=1S/C11H15NO/c1-8(2)9-3-5-12-11-4-6-13-7-10(9)11/h3,5,8H,4,6-7H2,1-2H3. The average Bonchev–Trinajstić information content (AvgIpc) is 2.17. The highest BCUT2D eigenvalue weighted by atomic mass is 16.5. The summed E-state index contributed by atoms with van der Waals surface area (Å²) in [6.45, 7) is 5.99. The van der Waals surface area contributed by atoms with Gasteiger partial charge in [0.2, 0.25) is 0 Å². The number of nitrogens with zero attached hydrogens (tertiary/aromatic N) is 1. The normalized spacial score (nSPS) is 15.9. The predicted octanol–water partition coefficient (Wildman–Crippen LogP) is 2.28. The molecule has 13 heavy (non-hydrogen) atoms. The molecule has 0 spiro atoms. The molecule has 0 aliphatic carbocycles. The number of fused-ring (bicyclic) bond motifs is 1. The maximum absolute atomic E-state index is 5.45. The first-order valence-electron chi connectivity index (χ1n) is 4.83. The van der Waals surface area contributed by atoms with Crippen molar-refractivity contribution >= 4 is 0 Å². The summed E-state index contributed by atoms with van der Waals surface area (Å²) in [6, 6.07) is 2.11. The van der Waals surface area contributed by atoms with E-state index in [0.29, 0.717) is 5.92 Å². The molecule has 1 aromatic heterocycles. The predicted molar refractivity (Wildman–Crippen MR) is 51.7 cm³/mol. The third-order valence-electron chi connectivity index (χ3n) is 2.53. The molecule has 0 atom stereocenters.